The van der Waals surface area contributed by atoms with Gasteiger partial charge in [-0.3, -0.25) is 19.6 Å². The second-order valence-corrected chi connectivity index (χ2v) is 5.60. The Morgan fingerprint density at radius 3 is 2.67 bits per heavy atom. The Kier molecular flexibility index (Phi) is 3.34. The third-order valence-electron chi connectivity index (χ3n) is 2.89. The standard InChI is InChI=1S/C13H19N3O2/c1-9-7-15-10(8-14-9)11-5-6-18-16(11)12(17)13(2,3)4/h7-8,11H,5-6H2,1-4H3/t11-/m0/s1. The van der Waals surface area contributed by atoms with E-state index >= 15 is 0 Å². The molecule has 5 nitrogen and oxygen atoms in total. The van der Waals surface area contributed by atoms with Crippen LogP contribution in [0.25, 0.3) is 0 Å². The lowest BCUT2D eigenvalue weighted by Crippen LogP contribution is -2.38. The molecule has 2 heterocycles. The fraction of sp³-hybridized carbons (Fsp3) is 0.615. The molecule has 1 amide bonds. The van der Waals surface area contributed by atoms with Gasteiger partial charge in [-0.25, -0.2) is 5.06 Å². The first kappa shape index (κ1) is 13.0. The van der Waals surface area contributed by atoms with Gasteiger partial charge in [0.05, 0.1) is 24.2 Å². The van der Waals surface area contributed by atoms with Crippen LogP contribution in [-0.2, 0) is 9.63 Å². The SMILES string of the molecule is Cc1cnc([C@@H]2CCON2C(=O)C(C)(C)C)cn1. The maximum Gasteiger partial charge on any atom is 0.252 e. The van der Waals surface area contributed by atoms with E-state index in [1.807, 2.05) is 27.7 Å². The zero-order valence-corrected chi connectivity index (χ0v) is 11.3. The molecule has 0 spiro atoms. The van der Waals surface area contributed by atoms with Crippen molar-refractivity contribution >= 4 is 5.91 Å². The van der Waals surface area contributed by atoms with E-state index in [1.165, 1.54) is 5.06 Å². The third-order valence-corrected chi connectivity index (χ3v) is 2.89. The van der Waals surface area contributed by atoms with Gasteiger partial charge in [-0.2, -0.15) is 0 Å². The van der Waals surface area contributed by atoms with Crippen LogP contribution in [0.3, 0.4) is 0 Å². The summed E-state index contributed by atoms with van der Waals surface area (Å²) in [6.45, 7) is 8.08. The summed E-state index contributed by atoms with van der Waals surface area (Å²) in [7, 11) is 0. The van der Waals surface area contributed by atoms with Crippen molar-refractivity contribution in [3.8, 4) is 0 Å². The molecular weight excluding hydrogens is 230 g/mol. The molecule has 5 heteroatoms. The molecule has 1 fully saturated rings. The lowest BCUT2D eigenvalue weighted by Gasteiger charge is -2.28. The summed E-state index contributed by atoms with van der Waals surface area (Å²) < 4.78 is 0. The molecule has 0 N–H and O–H groups in total. The molecule has 18 heavy (non-hydrogen) atoms. The van der Waals surface area contributed by atoms with Crippen molar-refractivity contribution in [2.24, 2.45) is 5.41 Å². The van der Waals surface area contributed by atoms with Crippen LogP contribution in [0, 0.1) is 12.3 Å². The topological polar surface area (TPSA) is 55.3 Å². The van der Waals surface area contributed by atoms with Crippen LogP contribution in [0.5, 0.6) is 0 Å². The summed E-state index contributed by atoms with van der Waals surface area (Å²) in [6, 6.07) is -0.121. The molecule has 1 saturated heterocycles. The molecule has 2 rings (SSSR count). The third kappa shape index (κ3) is 2.51. The Morgan fingerprint density at radius 1 is 1.39 bits per heavy atom. The van der Waals surface area contributed by atoms with Crippen molar-refractivity contribution in [2.75, 3.05) is 6.61 Å². The fourth-order valence-corrected chi connectivity index (χ4v) is 1.84. The number of hydroxylamine groups is 2. The molecule has 0 bridgehead atoms. The van der Waals surface area contributed by atoms with Crippen LogP contribution in [0.15, 0.2) is 12.4 Å². The smallest absolute Gasteiger partial charge is 0.252 e. The van der Waals surface area contributed by atoms with Crippen LogP contribution in [0.2, 0.25) is 0 Å². The number of rotatable bonds is 1. The monoisotopic (exact) mass is 249 g/mol. The van der Waals surface area contributed by atoms with Crippen LogP contribution in [-0.4, -0.2) is 27.5 Å². The number of hydrogen-bond acceptors (Lipinski definition) is 4. The van der Waals surface area contributed by atoms with Gasteiger partial charge in [-0.1, -0.05) is 20.8 Å². The summed E-state index contributed by atoms with van der Waals surface area (Å²) in [4.78, 5) is 26.3. The first-order valence-electron chi connectivity index (χ1n) is 6.15. The van der Waals surface area contributed by atoms with Crippen molar-refractivity contribution in [2.45, 2.75) is 40.2 Å². The van der Waals surface area contributed by atoms with E-state index in [9.17, 15) is 4.79 Å². The lowest BCUT2D eigenvalue weighted by atomic mass is 9.94. The van der Waals surface area contributed by atoms with Gasteiger partial charge in [0.15, 0.2) is 0 Å². The van der Waals surface area contributed by atoms with E-state index in [4.69, 9.17) is 4.84 Å². The highest BCUT2D eigenvalue weighted by atomic mass is 16.7. The van der Waals surface area contributed by atoms with Crippen LogP contribution in [0.4, 0.5) is 0 Å². The van der Waals surface area contributed by atoms with E-state index < -0.39 is 5.41 Å². The average molecular weight is 249 g/mol. The molecule has 1 aromatic rings. The first-order valence-corrected chi connectivity index (χ1v) is 6.15. The Balaban J connectivity index is 2.22. The van der Waals surface area contributed by atoms with E-state index in [2.05, 4.69) is 9.97 Å². The molecule has 0 radical (unpaired) electrons. The maximum absolute atomic E-state index is 12.3. The van der Waals surface area contributed by atoms with Gasteiger partial charge in [-0.05, 0) is 6.92 Å². The van der Waals surface area contributed by atoms with Crippen molar-refractivity contribution in [1.29, 1.82) is 0 Å². The summed E-state index contributed by atoms with van der Waals surface area (Å²) >= 11 is 0. The second kappa shape index (κ2) is 4.65. The molecule has 0 unspecified atom stereocenters. The summed E-state index contributed by atoms with van der Waals surface area (Å²) in [5.41, 5.74) is 1.20. The van der Waals surface area contributed by atoms with E-state index in [0.717, 1.165) is 17.8 Å². The number of carbonyl (C=O) groups excluding carboxylic acids is 1. The number of amides is 1. The molecule has 1 atom stereocenters. The molecule has 1 aromatic heterocycles. The predicted octanol–water partition coefficient (Wildman–Crippen LogP) is 2.04. The molecule has 1 aliphatic heterocycles. The molecule has 98 valence electrons. The van der Waals surface area contributed by atoms with E-state index in [1.54, 1.807) is 12.4 Å². The number of aryl methyl sites for hydroxylation is 1. The van der Waals surface area contributed by atoms with E-state index in [-0.39, 0.29) is 11.9 Å². The van der Waals surface area contributed by atoms with Crippen molar-refractivity contribution in [1.82, 2.24) is 15.0 Å². The second-order valence-electron chi connectivity index (χ2n) is 5.60. The number of hydrogen-bond donors (Lipinski definition) is 0. The van der Waals surface area contributed by atoms with Crippen LogP contribution < -0.4 is 0 Å². The summed E-state index contributed by atoms with van der Waals surface area (Å²) in [5, 5.41) is 1.46. The van der Waals surface area contributed by atoms with Gasteiger partial charge in [0.25, 0.3) is 5.91 Å². The van der Waals surface area contributed by atoms with Gasteiger partial charge in [0.2, 0.25) is 0 Å². The highest BCUT2D eigenvalue weighted by molar-refractivity contribution is 5.81. The molecule has 1 aliphatic rings. The average Bonchev–Trinajstić information content (AvgIpc) is 2.76. The normalized spacial score (nSPS) is 20.2. The Morgan fingerprint density at radius 2 is 2.11 bits per heavy atom. The van der Waals surface area contributed by atoms with Crippen molar-refractivity contribution < 1.29 is 9.63 Å². The molecular formula is C13H19N3O2. The number of carbonyl (C=O) groups is 1. The quantitative estimate of drug-likeness (QED) is 0.764. The first-order chi connectivity index (χ1) is 8.39. The minimum Gasteiger partial charge on any atom is -0.272 e. The van der Waals surface area contributed by atoms with Crippen molar-refractivity contribution in [3.63, 3.8) is 0 Å². The zero-order valence-electron chi connectivity index (χ0n) is 11.3. The Bertz CT molecular complexity index is 437. The summed E-state index contributed by atoms with van der Waals surface area (Å²) in [5.74, 6) is -0.0209. The number of aromatic nitrogens is 2. The molecule has 0 aromatic carbocycles. The highest BCUT2D eigenvalue weighted by Crippen LogP contribution is 2.32. The fourth-order valence-electron chi connectivity index (χ4n) is 1.84. The highest BCUT2D eigenvalue weighted by Gasteiger charge is 2.38. The Hall–Kier alpha value is -1.49. The van der Waals surface area contributed by atoms with Crippen LogP contribution in [0.1, 0.15) is 44.6 Å². The minimum absolute atomic E-state index is 0.0209. The van der Waals surface area contributed by atoms with E-state index in [0.29, 0.717) is 6.61 Å². The maximum atomic E-state index is 12.3. The van der Waals surface area contributed by atoms with Gasteiger partial charge in [0, 0.05) is 18.0 Å². The predicted molar refractivity (Wildman–Crippen MR) is 66.4 cm³/mol. The van der Waals surface area contributed by atoms with Gasteiger partial charge >= 0.3 is 0 Å². The van der Waals surface area contributed by atoms with Gasteiger partial charge in [0.1, 0.15) is 6.04 Å². The molecule has 0 aliphatic carbocycles. The molecule has 0 saturated carbocycles. The largest absolute Gasteiger partial charge is 0.272 e. The minimum atomic E-state index is -0.458. The summed E-state index contributed by atoms with van der Waals surface area (Å²) in [6.07, 6.45) is 4.20. The van der Waals surface area contributed by atoms with Crippen molar-refractivity contribution in [3.05, 3.63) is 23.8 Å². The van der Waals surface area contributed by atoms with Crippen LogP contribution >= 0.6 is 0 Å². The van der Waals surface area contributed by atoms with Gasteiger partial charge < -0.3 is 0 Å². The van der Waals surface area contributed by atoms with Gasteiger partial charge in [-0.15, -0.1) is 0 Å². The Labute approximate surface area is 107 Å². The number of nitrogens with zero attached hydrogens (tertiary/aromatic N) is 3. The lowest BCUT2D eigenvalue weighted by molar-refractivity contribution is -0.186. The zero-order chi connectivity index (χ0) is 13.3.